The minimum atomic E-state index is 0.852. The molecule has 70 heavy (non-hydrogen) atoms. The molecule has 0 spiro atoms. The third-order valence-electron chi connectivity index (χ3n) is 14.4. The van der Waals surface area contributed by atoms with Crippen LogP contribution in [0.25, 0.3) is 120 Å². The van der Waals surface area contributed by atoms with Gasteiger partial charge in [0, 0.05) is 22.2 Å². The number of para-hydroxylation sites is 2. The molecule has 326 valence electrons. The van der Waals surface area contributed by atoms with Crippen molar-refractivity contribution in [3.8, 4) is 44.5 Å². The fourth-order valence-electron chi connectivity index (χ4n) is 11.2. The van der Waals surface area contributed by atoms with Crippen LogP contribution in [0.5, 0.6) is 0 Å². The maximum absolute atomic E-state index is 7.11. The van der Waals surface area contributed by atoms with Crippen LogP contribution in [0.3, 0.4) is 0 Å². The number of hydrogen-bond acceptors (Lipinski definition) is 2. The highest BCUT2D eigenvalue weighted by molar-refractivity contribution is 6.26. The molecule has 0 bridgehead atoms. The second-order valence-corrected chi connectivity index (χ2v) is 18.3. The summed E-state index contributed by atoms with van der Waals surface area (Å²) in [6.07, 6.45) is 0. The summed E-state index contributed by atoms with van der Waals surface area (Å²) < 4.78 is 7.11. The Bertz CT molecular complexity index is 4340. The molecular weight excluding hydrogens is 847 g/mol. The van der Waals surface area contributed by atoms with Crippen molar-refractivity contribution in [2.75, 3.05) is 4.90 Å². The van der Waals surface area contributed by atoms with Gasteiger partial charge in [-0.3, -0.25) is 0 Å². The molecule has 0 aliphatic rings. The highest BCUT2D eigenvalue weighted by Crippen LogP contribution is 2.50. The fraction of sp³-hybridized carbons (Fsp3) is 0. The van der Waals surface area contributed by atoms with Crippen LogP contribution < -0.4 is 4.90 Å². The molecule has 13 aromatic carbocycles. The van der Waals surface area contributed by atoms with E-state index < -0.39 is 0 Å². The smallest absolute Gasteiger partial charge is 0.145 e. The van der Waals surface area contributed by atoms with Crippen LogP contribution in [0.4, 0.5) is 17.1 Å². The number of nitrogens with zero attached hydrogens (tertiary/aromatic N) is 1. The first-order valence-corrected chi connectivity index (χ1v) is 24.1. The van der Waals surface area contributed by atoms with E-state index in [-0.39, 0.29) is 0 Å². The van der Waals surface area contributed by atoms with E-state index in [1.54, 1.807) is 0 Å². The lowest BCUT2D eigenvalue weighted by atomic mass is 9.91. The monoisotopic (exact) mass is 889 g/mol. The van der Waals surface area contributed by atoms with Gasteiger partial charge in [0.05, 0.1) is 16.8 Å². The average Bonchev–Trinajstić information content (AvgIpc) is 3.84. The molecule has 1 heterocycles. The molecule has 0 N–H and O–H groups in total. The summed E-state index contributed by atoms with van der Waals surface area (Å²) in [5, 5.41) is 14.6. The summed E-state index contributed by atoms with van der Waals surface area (Å²) >= 11 is 0. The summed E-state index contributed by atoms with van der Waals surface area (Å²) in [5.41, 5.74) is 14.0. The number of fused-ring (bicyclic) bond motifs is 12. The van der Waals surface area contributed by atoms with Gasteiger partial charge in [-0.25, -0.2) is 0 Å². The minimum Gasteiger partial charge on any atom is -0.455 e. The predicted molar refractivity (Wildman–Crippen MR) is 298 cm³/mol. The number of anilines is 3. The molecule has 2 nitrogen and oxygen atoms in total. The normalized spacial score (nSPS) is 11.7. The lowest BCUT2D eigenvalue weighted by Crippen LogP contribution is -2.12. The van der Waals surface area contributed by atoms with Crippen LogP contribution in [0, 0.1) is 0 Å². The van der Waals surface area contributed by atoms with Crippen molar-refractivity contribution in [1.29, 1.82) is 0 Å². The van der Waals surface area contributed by atoms with Crippen LogP contribution >= 0.6 is 0 Å². The molecule has 0 unspecified atom stereocenters. The Balaban J connectivity index is 1.03. The third kappa shape index (κ3) is 6.42. The first-order valence-electron chi connectivity index (χ1n) is 24.1. The van der Waals surface area contributed by atoms with E-state index in [4.69, 9.17) is 4.42 Å². The Morgan fingerprint density at radius 3 is 1.57 bits per heavy atom. The second-order valence-electron chi connectivity index (χ2n) is 18.3. The maximum Gasteiger partial charge on any atom is 0.145 e. The van der Waals surface area contributed by atoms with Gasteiger partial charge in [0.15, 0.2) is 0 Å². The molecule has 14 rings (SSSR count). The fourth-order valence-corrected chi connectivity index (χ4v) is 11.2. The zero-order valence-electron chi connectivity index (χ0n) is 38.2. The van der Waals surface area contributed by atoms with E-state index in [0.717, 1.165) is 72.4 Å². The zero-order chi connectivity index (χ0) is 46.1. The molecule has 0 saturated heterocycles. The average molecular weight is 890 g/mol. The number of benzene rings is 13. The molecule has 1 aromatic heterocycles. The van der Waals surface area contributed by atoms with Crippen molar-refractivity contribution in [3.63, 3.8) is 0 Å². The molecule has 0 aliphatic carbocycles. The SMILES string of the molecule is c1ccc(-c2cccc(-c3ccccc3N(c3cccc(-c4ccc5c6ccccc6c6ccccc6c5c4)c3)c3ccc(-c4cc5ccccc5c5ccccc45)c4oc5ccccc5c34)c2)cc1. The highest BCUT2D eigenvalue weighted by atomic mass is 16.3. The molecule has 0 atom stereocenters. The molecule has 0 fully saturated rings. The molecule has 0 saturated carbocycles. The topological polar surface area (TPSA) is 16.4 Å². The van der Waals surface area contributed by atoms with Crippen molar-refractivity contribution in [2.24, 2.45) is 0 Å². The summed E-state index contributed by atoms with van der Waals surface area (Å²) in [6, 6.07) is 95.0. The van der Waals surface area contributed by atoms with Crippen LogP contribution in [0.15, 0.2) is 265 Å². The number of hydrogen-bond donors (Lipinski definition) is 0. The number of rotatable bonds is 7. The Kier molecular flexibility index (Phi) is 9.25. The standard InChI is InChI=1S/C68H43NO/c1-2-18-44(19-3-1)45-21-16-23-48(40-45)52-26-12-14-34-64(52)69(50-24-17-22-46(41-50)47-36-37-59-56-30-8-7-28-54(56)55-29-9-11-32-58(55)62(59)42-47)65-39-38-60(68-67(65)61-33-13-15-35-66(61)70-68)63-43-49-20-4-5-25-51(49)53-27-6-10-31-57(53)63/h1-43H. The van der Waals surface area contributed by atoms with E-state index in [1.807, 2.05) is 0 Å². The first kappa shape index (κ1) is 39.9. The Hall–Kier alpha value is -9.24. The van der Waals surface area contributed by atoms with Gasteiger partial charge in [-0.1, -0.05) is 206 Å². The van der Waals surface area contributed by atoms with E-state index in [2.05, 4.69) is 266 Å². The largest absolute Gasteiger partial charge is 0.455 e. The molecule has 0 aliphatic heterocycles. The van der Waals surface area contributed by atoms with Crippen molar-refractivity contribution in [3.05, 3.63) is 261 Å². The quantitative estimate of drug-likeness (QED) is 0.148. The van der Waals surface area contributed by atoms with Crippen molar-refractivity contribution in [1.82, 2.24) is 0 Å². The molecule has 2 heteroatoms. The Morgan fingerprint density at radius 1 is 0.257 bits per heavy atom. The van der Waals surface area contributed by atoms with Gasteiger partial charge in [0.2, 0.25) is 0 Å². The van der Waals surface area contributed by atoms with Crippen LogP contribution in [0.2, 0.25) is 0 Å². The van der Waals surface area contributed by atoms with Gasteiger partial charge < -0.3 is 9.32 Å². The highest BCUT2D eigenvalue weighted by Gasteiger charge is 2.25. The van der Waals surface area contributed by atoms with Crippen molar-refractivity contribution >= 4 is 92.9 Å². The summed E-state index contributed by atoms with van der Waals surface area (Å²) in [5.74, 6) is 0. The van der Waals surface area contributed by atoms with Crippen molar-refractivity contribution in [2.45, 2.75) is 0 Å². The maximum atomic E-state index is 7.11. The predicted octanol–water partition coefficient (Wildman–Crippen LogP) is 19.5. The van der Waals surface area contributed by atoms with Gasteiger partial charge in [-0.2, -0.15) is 0 Å². The van der Waals surface area contributed by atoms with Crippen LogP contribution in [0.1, 0.15) is 0 Å². The number of furan rings is 1. The van der Waals surface area contributed by atoms with E-state index in [1.165, 1.54) is 65.0 Å². The van der Waals surface area contributed by atoms with Gasteiger partial charge in [0.25, 0.3) is 0 Å². The second kappa shape index (κ2) is 16.2. The van der Waals surface area contributed by atoms with E-state index in [9.17, 15) is 0 Å². The third-order valence-corrected chi connectivity index (χ3v) is 14.4. The van der Waals surface area contributed by atoms with Crippen LogP contribution in [-0.4, -0.2) is 0 Å². The van der Waals surface area contributed by atoms with E-state index in [0.29, 0.717) is 0 Å². The van der Waals surface area contributed by atoms with Gasteiger partial charge >= 0.3 is 0 Å². The summed E-state index contributed by atoms with van der Waals surface area (Å²) in [4.78, 5) is 2.46. The van der Waals surface area contributed by atoms with Crippen molar-refractivity contribution < 1.29 is 4.42 Å². The minimum absolute atomic E-state index is 0.852. The zero-order valence-corrected chi connectivity index (χ0v) is 38.2. The van der Waals surface area contributed by atoms with Gasteiger partial charge in [-0.15, -0.1) is 0 Å². The summed E-state index contributed by atoms with van der Waals surface area (Å²) in [7, 11) is 0. The molecule has 0 amide bonds. The lowest BCUT2D eigenvalue weighted by Gasteiger charge is -2.29. The molecule has 14 aromatic rings. The van der Waals surface area contributed by atoms with Crippen LogP contribution in [-0.2, 0) is 0 Å². The van der Waals surface area contributed by atoms with Gasteiger partial charge in [0.1, 0.15) is 11.2 Å². The molecule has 0 radical (unpaired) electrons. The van der Waals surface area contributed by atoms with E-state index >= 15 is 0 Å². The first-order chi connectivity index (χ1) is 34.7. The Labute approximate surface area is 405 Å². The van der Waals surface area contributed by atoms with Gasteiger partial charge in [-0.05, 0) is 142 Å². The summed E-state index contributed by atoms with van der Waals surface area (Å²) in [6.45, 7) is 0. The lowest BCUT2D eigenvalue weighted by molar-refractivity contribution is 0.670. The Morgan fingerprint density at radius 2 is 0.800 bits per heavy atom. The molecular formula is C68H43NO.